The van der Waals surface area contributed by atoms with E-state index in [1.54, 1.807) is 56.9 Å². The molecule has 418 valence electrons. The SMILES string of the molecule is COc1cc(N(c2cc(OC)c(C)c(OC)c2)c2ccc3c4c(-c5ccccc5)c5c6cccc7c(N(c8cc(OC)c(C)c(OC)c8)c8cc(OC)c(C)c(OC)c8)ccc(c5c(-c5ccccc5)c4c4cccc2c43)c76)cc(OC)c1C. The lowest BCUT2D eigenvalue weighted by Gasteiger charge is -2.29. The molecule has 0 heterocycles. The summed E-state index contributed by atoms with van der Waals surface area (Å²) in [6, 6.07) is 61.2. The Morgan fingerprint density at radius 1 is 0.238 bits per heavy atom. The van der Waals surface area contributed by atoms with Crippen LogP contribution in [-0.4, -0.2) is 56.9 Å². The lowest BCUT2D eigenvalue weighted by molar-refractivity contribution is 0.388. The van der Waals surface area contributed by atoms with Crippen LogP contribution >= 0.6 is 0 Å². The van der Waals surface area contributed by atoms with Gasteiger partial charge in [0.1, 0.15) is 46.0 Å². The van der Waals surface area contributed by atoms with Gasteiger partial charge >= 0.3 is 0 Å². The summed E-state index contributed by atoms with van der Waals surface area (Å²) >= 11 is 0. The lowest BCUT2D eigenvalue weighted by Crippen LogP contribution is -2.12. The second-order valence-electron chi connectivity index (χ2n) is 21.3. The Bertz CT molecular complexity index is 4130. The van der Waals surface area contributed by atoms with Crippen molar-refractivity contribution in [1.29, 1.82) is 0 Å². The van der Waals surface area contributed by atoms with Gasteiger partial charge in [-0.3, -0.25) is 0 Å². The van der Waals surface area contributed by atoms with Crippen LogP contribution in [-0.2, 0) is 0 Å². The summed E-state index contributed by atoms with van der Waals surface area (Å²) in [6.07, 6.45) is 0. The molecular formula is C74H64N2O8. The van der Waals surface area contributed by atoms with Gasteiger partial charge in [0.25, 0.3) is 0 Å². The lowest BCUT2D eigenvalue weighted by atomic mass is 9.87. The van der Waals surface area contributed by atoms with E-state index in [9.17, 15) is 0 Å². The molecule has 0 fully saturated rings. The van der Waals surface area contributed by atoms with Crippen LogP contribution in [0.15, 0.2) is 170 Å². The molecule has 0 spiro atoms. The Morgan fingerprint density at radius 3 is 0.726 bits per heavy atom. The van der Waals surface area contributed by atoms with Crippen molar-refractivity contribution in [2.24, 2.45) is 0 Å². The van der Waals surface area contributed by atoms with Gasteiger partial charge < -0.3 is 47.7 Å². The number of rotatable bonds is 16. The summed E-state index contributed by atoms with van der Waals surface area (Å²) in [7, 11) is 13.6. The number of hydrogen-bond acceptors (Lipinski definition) is 10. The van der Waals surface area contributed by atoms with Crippen molar-refractivity contribution in [1.82, 2.24) is 0 Å². The molecule has 0 atom stereocenters. The number of methoxy groups -OCH3 is 8. The van der Waals surface area contributed by atoms with Crippen molar-refractivity contribution < 1.29 is 37.9 Å². The van der Waals surface area contributed by atoms with Gasteiger partial charge in [-0.25, -0.2) is 0 Å². The topological polar surface area (TPSA) is 80.3 Å². The highest BCUT2D eigenvalue weighted by Crippen LogP contribution is 2.59. The molecule has 10 nitrogen and oxygen atoms in total. The van der Waals surface area contributed by atoms with Crippen molar-refractivity contribution in [3.05, 3.63) is 192 Å². The summed E-state index contributed by atoms with van der Waals surface area (Å²) in [5.74, 6) is 5.63. The van der Waals surface area contributed by atoms with Crippen molar-refractivity contribution in [2.75, 3.05) is 66.7 Å². The molecule has 0 unspecified atom stereocenters. The van der Waals surface area contributed by atoms with E-state index in [0.29, 0.717) is 46.0 Å². The maximum Gasteiger partial charge on any atom is 0.127 e. The molecule has 0 N–H and O–H groups in total. The highest BCUT2D eigenvalue weighted by Gasteiger charge is 2.31. The molecule has 13 rings (SSSR count). The average molecular weight is 1110 g/mol. The highest BCUT2D eigenvalue weighted by molar-refractivity contribution is 6.47. The van der Waals surface area contributed by atoms with E-state index in [0.717, 1.165) is 111 Å². The minimum Gasteiger partial charge on any atom is -0.496 e. The molecule has 0 aliphatic carbocycles. The zero-order chi connectivity index (χ0) is 58.2. The minimum atomic E-state index is 0.703. The van der Waals surface area contributed by atoms with Crippen LogP contribution in [0.5, 0.6) is 46.0 Å². The molecule has 84 heavy (non-hydrogen) atoms. The van der Waals surface area contributed by atoms with E-state index in [1.807, 2.05) is 27.7 Å². The molecule has 0 saturated carbocycles. The van der Waals surface area contributed by atoms with E-state index in [4.69, 9.17) is 37.9 Å². The Morgan fingerprint density at radius 2 is 0.476 bits per heavy atom. The largest absolute Gasteiger partial charge is 0.496 e. The van der Waals surface area contributed by atoms with E-state index in [-0.39, 0.29) is 0 Å². The van der Waals surface area contributed by atoms with Gasteiger partial charge in [-0.2, -0.15) is 0 Å². The predicted molar refractivity (Wildman–Crippen MR) is 345 cm³/mol. The van der Waals surface area contributed by atoms with Crippen LogP contribution in [0, 0.1) is 27.7 Å². The summed E-state index contributed by atoms with van der Waals surface area (Å²) in [5, 5.41) is 13.8. The highest BCUT2D eigenvalue weighted by atomic mass is 16.5. The first-order valence-corrected chi connectivity index (χ1v) is 28.0. The average Bonchev–Trinajstić information content (AvgIpc) is 1.62. The second-order valence-corrected chi connectivity index (χ2v) is 21.3. The van der Waals surface area contributed by atoms with E-state index in [2.05, 4.69) is 180 Å². The third-order valence-electron chi connectivity index (χ3n) is 17.2. The Labute approximate surface area is 489 Å². The van der Waals surface area contributed by atoms with Crippen LogP contribution in [0.3, 0.4) is 0 Å². The van der Waals surface area contributed by atoms with Crippen LogP contribution in [0.25, 0.3) is 86.9 Å². The van der Waals surface area contributed by atoms with Gasteiger partial charge in [-0.1, -0.05) is 109 Å². The molecule has 0 aromatic heterocycles. The summed E-state index contributed by atoms with van der Waals surface area (Å²) in [5.41, 5.74) is 13.5. The van der Waals surface area contributed by atoms with Crippen molar-refractivity contribution in [3.8, 4) is 68.2 Å². The van der Waals surface area contributed by atoms with Crippen molar-refractivity contribution in [2.45, 2.75) is 27.7 Å². The normalized spacial score (nSPS) is 11.6. The molecule has 10 heteroatoms. The fraction of sp³-hybridized carbons (Fsp3) is 0.162. The molecule has 0 bridgehead atoms. The third-order valence-corrected chi connectivity index (χ3v) is 17.2. The van der Waals surface area contributed by atoms with E-state index in [1.165, 1.54) is 32.7 Å². The smallest absolute Gasteiger partial charge is 0.127 e. The first-order valence-electron chi connectivity index (χ1n) is 28.0. The Kier molecular flexibility index (Phi) is 13.3. The summed E-state index contributed by atoms with van der Waals surface area (Å²) in [6.45, 7) is 8.05. The van der Waals surface area contributed by atoms with Crippen LogP contribution < -0.4 is 47.7 Å². The van der Waals surface area contributed by atoms with Crippen LogP contribution in [0.2, 0.25) is 0 Å². The predicted octanol–water partition coefficient (Wildman–Crippen LogP) is 19.1. The number of ether oxygens (including phenoxy) is 8. The molecule has 0 saturated heterocycles. The van der Waals surface area contributed by atoms with E-state index < -0.39 is 0 Å². The number of nitrogens with zero attached hydrogens (tertiary/aromatic N) is 2. The van der Waals surface area contributed by atoms with E-state index >= 15 is 0 Å². The monoisotopic (exact) mass is 1110 g/mol. The molecule has 13 aromatic rings. The maximum atomic E-state index is 6.06. The fourth-order valence-corrected chi connectivity index (χ4v) is 13.3. The summed E-state index contributed by atoms with van der Waals surface area (Å²) < 4.78 is 48.4. The van der Waals surface area contributed by atoms with Crippen molar-refractivity contribution in [3.63, 3.8) is 0 Å². The number of benzene rings is 11. The quantitative estimate of drug-likeness (QED) is 0.0933. The maximum absolute atomic E-state index is 6.06. The van der Waals surface area contributed by atoms with Gasteiger partial charge in [0, 0.05) is 81.6 Å². The van der Waals surface area contributed by atoms with Gasteiger partial charge in [-0.15, -0.1) is 0 Å². The zero-order valence-corrected chi connectivity index (χ0v) is 49.3. The van der Waals surface area contributed by atoms with Crippen LogP contribution in [0.4, 0.5) is 34.1 Å². The first-order chi connectivity index (χ1) is 41.0. The number of anilines is 6. The standard InChI is InChI=1S/C74H64N2O8/c1-41-59(77-5)33-47(34-60(41)78-6)75(48-35-61(79-7)42(2)62(36-48)80-8)57-31-29-55-69-51(57)25-19-27-53(69)71-67(45-21-15-13-16-22-45)74-56-30-32-58(52-26-20-28-54(70(52)56)72(74)68(73(55)71)46-23-17-14-18-24-46)76(49-37-63(81-9)43(3)64(38-49)82-10)50-39-65(83-11)44(4)66(40-50)84-12/h13-40H,1-12H3. The molecule has 0 aliphatic heterocycles. The van der Waals surface area contributed by atoms with Gasteiger partial charge in [-0.05, 0) is 116 Å². The van der Waals surface area contributed by atoms with Gasteiger partial charge in [0.15, 0.2) is 0 Å². The number of fused-ring (bicyclic) bond motifs is 6. The van der Waals surface area contributed by atoms with Gasteiger partial charge in [0.05, 0.1) is 91.0 Å². The molecular weight excluding hydrogens is 1040 g/mol. The molecule has 0 radical (unpaired) electrons. The first kappa shape index (κ1) is 53.3. The Balaban J connectivity index is 1.18. The van der Waals surface area contributed by atoms with Crippen molar-refractivity contribution >= 4 is 98.8 Å². The molecule has 0 aliphatic rings. The van der Waals surface area contributed by atoms with Gasteiger partial charge in [0.2, 0.25) is 0 Å². The second kappa shape index (κ2) is 21.0. The van der Waals surface area contributed by atoms with Crippen LogP contribution in [0.1, 0.15) is 22.3 Å². The number of hydrogen-bond donors (Lipinski definition) is 0. The third kappa shape index (κ3) is 8.06. The molecule has 13 aromatic carbocycles. The fourth-order valence-electron chi connectivity index (χ4n) is 13.3. The Hall–Kier alpha value is -10.1. The summed E-state index contributed by atoms with van der Waals surface area (Å²) in [4.78, 5) is 4.53. The zero-order valence-electron chi connectivity index (χ0n) is 49.3. The minimum absolute atomic E-state index is 0.703. The molecule has 0 amide bonds.